The maximum atomic E-state index is 11.0. The fourth-order valence-corrected chi connectivity index (χ4v) is 3.38. The average molecular weight is 288 g/mol. The second kappa shape index (κ2) is 6.58. The quantitative estimate of drug-likeness (QED) is 0.781. The van der Waals surface area contributed by atoms with Crippen LogP contribution in [-0.4, -0.2) is 37.0 Å². The number of hydrogen-bond donors (Lipinski definition) is 1. The molecule has 2 N–H and O–H groups in total. The van der Waals surface area contributed by atoms with E-state index in [1.807, 2.05) is 12.1 Å². The van der Waals surface area contributed by atoms with E-state index in [0.29, 0.717) is 12.2 Å². The second-order valence-electron chi connectivity index (χ2n) is 6.32. The van der Waals surface area contributed by atoms with Crippen molar-refractivity contribution in [3.05, 3.63) is 35.4 Å². The van der Waals surface area contributed by atoms with E-state index in [1.54, 1.807) is 12.1 Å². The lowest BCUT2D eigenvalue weighted by Gasteiger charge is -2.28. The molecule has 0 aromatic heterocycles. The molecule has 1 aromatic carbocycles. The first-order valence-corrected chi connectivity index (χ1v) is 7.91. The minimum absolute atomic E-state index is 0.387. The summed E-state index contributed by atoms with van der Waals surface area (Å²) in [4.78, 5) is 13.6. The molecule has 4 nitrogen and oxygen atoms in total. The summed E-state index contributed by atoms with van der Waals surface area (Å²) in [7, 11) is 0. The molecular weight excluding hydrogens is 264 g/mol. The van der Waals surface area contributed by atoms with Gasteiger partial charge in [0.15, 0.2) is 0 Å². The Labute approximate surface area is 126 Å². The summed E-state index contributed by atoms with van der Waals surface area (Å²) in [6.07, 6.45) is 3.98. The van der Waals surface area contributed by atoms with Gasteiger partial charge >= 0.3 is 0 Å². The molecular formula is C17H24N2O2. The number of likely N-dealkylation sites (tertiary alicyclic amines) is 1. The molecule has 2 atom stereocenters. The topological polar surface area (TPSA) is 55.6 Å². The minimum Gasteiger partial charge on any atom is -0.377 e. The highest BCUT2D eigenvalue weighted by atomic mass is 16.5. The average Bonchev–Trinajstić information content (AvgIpc) is 2.74. The Morgan fingerprint density at radius 2 is 1.86 bits per heavy atom. The smallest absolute Gasteiger partial charge is 0.248 e. The van der Waals surface area contributed by atoms with Gasteiger partial charge in [-0.05, 0) is 48.8 Å². The highest BCUT2D eigenvalue weighted by Gasteiger charge is 2.38. The van der Waals surface area contributed by atoms with Gasteiger partial charge in [-0.3, -0.25) is 4.79 Å². The number of nitrogens with two attached hydrogens (primary N) is 1. The van der Waals surface area contributed by atoms with E-state index in [2.05, 4.69) is 4.90 Å². The molecule has 1 saturated carbocycles. The normalized spacial score (nSPS) is 24.6. The Hall–Kier alpha value is -1.39. The first kappa shape index (κ1) is 14.5. The van der Waals surface area contributed by atoms with Crippen molar-refractivity contribution in [1.29, 1.82) is 0 Å². The van der Waals surface area contributed by atoms with Crippen molar-refractivity contribution in [3.8, 4) is 0 Å². The van der Waals surface area contributed by atoms with Gasteiger partial charge in [0.1, 0.15) is 0 Å². The van der Waals surface area contributed by atoms with Crippen LogP contribution in [0, 0.1) is 11.8 Å². The molecule has 3 rings (SSSR count). The number of rotatable bonds is 7. The van der Waals surface area contributed by atoms with Crippen molar-refractivity contribution in [2.75, 3.05) is 26.2 Å². The first-order chi connectivity index (χ1) is 10.2. The Balaban J connectivity index is 1.30. The minimum atomic E-state index is -0.387. The third kappa shape index (κ3) is 3.63. The van der Waals surface area contributed by atoms with Crippen molar-refractivity contribution in [2.24, 2.45) is 17.6 Å². The Bertz CT molecular complexity index is 474. The highest BCUT2D eigenvalue weighted by molar-refractivity contribution is 5.92. The van der Waals surface area contributed by atoms with Crippen LogP contribution in [0.2, 0.25) is 0 Å². The fraction of sp³-hybridized carbons (Fsp3) is 0.588. The molecule has 4 heteroatoms. The summed E-state index contributed by atoms with van der Waals surface area (Å²) in [5.41, 5.74) is 6.84. The number of carbonyl (C=O) groups is 1. The lowest BCUT2D eigenvalue weighted by molar-refractivity contribution is 0.0999. The molecule has 1 aliphatic heterocycles. The number of carbonyl (C=O) groups excluding carboxylic acids is 1. The third-order valence-corrected chi connectivity index (χ3v) is 4.83. The van der Waals surface area contributed by atoms with Gasteiger partial charge in [0.05, 0.1) is 6.61 Å². The van der Waals surface area contributed by atoms with Crippen LogP contribution in [0.15, 0.2) is 24.3 Å². The molecule has 114 valence electrons. The lowest BCUT2D eigenvalue weighted by Crippen LogP contribution is -2.22. The molecule has 2 aliphatic rings. The molecule has 2 unspecified atom stereocenters. The monoisotopic (exact) mass is 288 g/mol. The van der Waals surface area contributed by atoms with Gasteiger partial charge in [-0.1, -0.05) is 12.1 Å². The molecule has 1 aliphatic carbocycles. The summed E-state index contributed by atoms with van der Waals surface area (Å²) in [5, 5.41) is 0. The van der Waals surface area contributed by atoms with Crippen molar-refractivity contribution < 1.29 is 9.53 Å². The Morgan fingerprint density at radius 1 is 1.19 bits per heavy atom. The van der Waals surface area contributed by atoms with Crippen LogP contribution >= 0.6 is 0 Å². The van der Waals surface area contributed by atoms with E-state index in [0.717, 1.165) is 37.0 Å². The van der Waals surface area contributed by atoms with Crippen LogP contribution in [0.25, 0.3) is 0 Å². The van der Waals surface area contributed by atoms with E-state index >= 15 is 0 Å². The number of primary amides is 1. The Kier molecular flexibility index (Phi) is 4.56. The predicted octanol–water partition coefficient (Wildman–Crippen LogP) is 2.03. The summed E-state index contributed by atoms with van der Waals surface area (Å²) in [6, 6.07) is 7.30. The summed E-state index contributed by atoms with van der Waals surface area (Å²) < 4.78 is 5.71. The summed E-state index contributed by atoms with van der Waals surface area (Å²) in [6.45, 7) is 5.17. The van der Waals surface area contributed by atoms with E-state index in [-0.39, 0.29) is 5.91 Å². The molecule has 0 bridgehead atoms. The fourth-order valence-electron chi connectivity index (χ4n) is 3.38. The number of benzene rings is 1. The predicted molar refractivity (Wildman–Crippen MR) is 81.9 cm³/mol. The van der Waals surface area contributed by atoms with Gasteiger partial charge in [0, 0.05) is 31.8 Å². The number of fused-ring (bicyclic) bond motifs is 1. The van der Waals surface area contributed by atoms with E-state index in [1.165, 1.54) is 25.9 Å². The van der Waals surface area contributed by atoms with E-state index < -0.39 is 0 Å². The van der Waals surface area contributed by atoms with Gasteiger partial charge in [-0.25, -0.2) is 0 Å². The maximum Gasteiger partial charge on any atom is 0.248 e. The number of amides is 1. The zero-order chi connectivity index (χ0) is 14.7. The lowest BCUT2D eigenvalue weighted by atomic mass is 9.77. The molecule has 0 radical (unpaired) electrons. The SMILES string of the molecule is NC(=O)c1ccc(COCCCN2CC3CCC3C2)cc1. The molecule has 1 amide bonds. The molecule has 21 heavy (non-hydrogen) atoms. The molecule has 1 heterocycles. The van der Waals surface area contributed by atoms with Gasteiger partial charge < -0.3 is 15.4 Å². The highest BCUT2D eigenvalue weighted by Crippen LogP contribution is 2.40. The van der Waals surface area contributed by atoms with Crippen LogP contribution in [0.4, 0.5) is 0 Å². The van der Waals surface area contributed by atoms with Crippen LogP contribution in [-0.2, 0) is 11.3 Å². The van der Waals surface area contributed by atoms with Gasteiger partial charge in [0.2, 0.25) is 5.91 Å². The van der Waals surface area contributed by atoms with Crippen LogP contribution < -0.4 is 5.73 Å². The summed E-state index contributed by atoms with van der Waals surface area (Å²) in [5.74, 6) is 1.60. The molecule has 0 spiro atoms. The van der Waals surface area contributed by atoms with Gasteiger partial charge in [-0.2, -0.15) is 0 Å². The van der Waals surface area contributed by atoms with Crippen molar-refractivity contribution in [3.63, 3.8) is 0 Å². The Morgan fingerprint density at radius 3 is 2.43 bits per heavy atom. The van der Waals surface area contributed by atoms with Crippen LogP contribution in [0.1, 0.15) is 35.2 Å². The zero-order valence-corrected chi connectivity index (χ0v) is 12.5. The number of nitrogens with zero attached hydrogens (tertiary/aromatic N) is 1. The van der Waals surface area contributed by atoms with E-state index in [9.17, 15) is 4.79 Å². The van der Waals surface area contributed by atoms with Crippen molar-refractivity contribution in [1.82, 2.24) is 4.90 Å². The van der Waals surface area contributed by atoms with Crippen LogP contribution in [0.3, 0.4) is 0 Å². The number of hydrogen-bond acceptors (Lipinski definition) is 3. The largest absolute Gasteiger partial charge is 0.377 e. The zero-order valence-electron chi connectivity index (χ0n) is 12.5. The van der Waals surface area contributed by atoms with E-state index in [4.69, 9.17) is 10.5 Å². The standard InChI is InChI=1S/C17H24N2O2/c18-17(20)14-4-2-13(3-5-14)12-21-9-1-8-19-10-15-6-7-16(15)11-19/h2-5,15-16H,1,6-12H2,(H2,18,20). The second-order valence-corrected chi connectivity index (χ2v) is 6.32. The first-order valence-electron chi connectivity index (χ1n) is 7.91. The molecule has 2 fully saturated rings. The van der Waals surface area contributed by atoms with Crippen molar-refractivity contribution in [2.45, 2.75) is 25.9 Å². The molecule has 1 saturated heterocycles. The summed E-state index contributed by atoms with van der Waals surface area (Å²) >= 11 is 0. The third-order valence-electron chi connectivity index (χ3n) is 4.83. The van der Waals surface area contributed by atoms with Gasteiger partial charge in [-0.15, -0.1) is 0 Å². The molecule has 1 aromatic rings. The maximum absolute atomic E-state index is 11.0. The van der Waals surface area contributed by atoms with Crippen molar-refractivity contribution >= 4 is 5.91 Å². The number of ether oxygens (including phenoxy) is 1. The van der Waals surface area contributed by atoms with Crippen LogP contribution in [0.5, 0.6) is 0 Å². The van der Waals surface area contributed by atoms with Gasteiger partial charge in [0.25, 0.3) is 0 Å².